The lowest BCUT2D eigenvalue weighted by Gasteiger charge is -2.11. The van der Waals surface area contributed by atoms with Crippen LogP contribution in [0.3, 0.4) is 0 Å². The Bertz CT molecular complexity index is 582. The third-order valence-corrected chi connectivity index (χ3v) is 3.26. The molecule has 3 nitrogen and oxygen atoms in total. The molecule has 1 aromatic heterocycles. The van der Waals surface area contributed by atoms with Gasteiger partial charge in [-0.2, -0.15) is 0 Å². The SMILES string of the molecule is CCCc1nc(Cl)c(C)c(Nc2cccc(C)c2)n1. The predicted molar refractivity (Wildman–Crippen MR) is 80.2 cm³/mol. The second-order valence-corrected chi connectivity index (χ2v) is 5.01. The van der Waals surface area contributed by atoms with Crippen LogP contribution in [0.15, 0.2) is 24.3 Å². The van der Waals surface area contributed by atoms with Crippen molar-refractivity contribution in [2.24, 2.45) is 0 Å². The fraction of sp³-hybridized carbons (Fsp3) is 0.333. The number of rotatable bonds is 4. The lowest BCUT2D eigenvalue weighted by atomic mass is 10.2. The molecule has 4 heteroatoms. The molecule has 100 valence electrons. The van der Waals surface area contributed by atoms with E-state index in [1.165, 1.54) is 5.56 Å². The topological polar surface area (TPSA) is 37.8 Å². The van der Waals surface area contributed by atoms with E-state index < -0.39 is 0 Å². The second kappa shape index (κ2) is 6.02. The first-order valence-electron chi connectivity index (χ1n) is 6.47. The van der Waals surface area contributed by atoms with E-state index in [0.29, 0.717) is 5.15 Å². The smallest absolute Gasteiger partial charge is 0.138 e. The summed E-state index contributed by atoms with van der Waals surface area (Å²) in [5.74, 6) is 1.57. The third-order valence-electron chi connectivity index (χ3n) is 2.89. The van der Waals surface area contributed by atoms with Crippen LogP contribution < -0.4 is 5.32 Å². The van der Waals surface area contributed by atoms with E-state index in [0.717, 1.165) is 35.7 Å². The van der Waals surface area contributed by atoms with Crippen LogP contribution in [0, 0.1) is 13.8 Å². The number of hydrogen-bond acceptors (Lipinski definition) is 3. The van der Waals surface area contributed by atoms with Gasteiger partial charge in [0.15, 0.2) is 0 Å². The van der Waals surface area contributed by atoms with Crippen LogP contribution in [0.25, 0.3) is 0 Å². The van der Waals surface area contributed by atoms with Gasteiger partial charge in [0.05, 0.1) is 0 Å². The molecule has 0 amide bonds. The van der Waals surface area contributed by atoms with Crippen LogP contribution >= 0.6 is 11.6 Å². The molecule has 1 aromatic carbocycles. The van der Waals surface area contributed by atoms with Crippen molar-refractivity contribution in [3.63, 3.8) is 0 Å². The molecule has 0 atom stereocenters. The molecule has 0 bridgehead atoms. The largest absolute Gasteiger partial charge is 0.340 e. The van der Waals surface area contributed by atoms with Crippen LogP contribution in [-0.4, -0.2) is 9.97 Å². The predicted octanol–water partition coefficient (Wildman–Crippen LogP) is 4.44. The van der Waals surface area contributed by atoms with Crippen molar-refractivity contribution in [1.82, 2.24) is 9.97 Å². The standard InChI is InChI=1S/C15H18ClN3/c1-4-6-13-18-14(16)11(3)15(19-13)17-12-8-5-7-10(2)9-12/h5,7-9H,4,6H2,1-3H3,(H,17,18,19). The molecule has 19 heavy (non-hydrogen) atoms. The molecular formula is C15H18ClN3. The number of hydrogen-bond donors (Lipinski definition) is 1. The summed E-state index contributed by atoms with van der Waals surface area (Å²) in [6.07, 6.45) is 1.84. The fourth-order valence-corrected chi connectivity index (χ4v) is 2.04. The molecule has 0 unspecified atom stereocenters. The molecule has 2 rings (SSSR count). The van der Waals surface area contributed by atoms with Crippen LogP contribution in [0.1, 0.15) is 30.3 Å². The molecule has 1 heterocycles. The van der Waals surface area contributed by atoms with Crippen molar-refractivity contribution in [3.05, 3.63) is 46.4 Å². The van der Waals surface area contributed by atoms with Crippen molar-refractivity contribution in [1.29, 1.82) is 0 Å². The number of halogens is 1. The normalized spacial score (nSPS) is 10.5. The lowest BCUT2D eigenvalue weighted by Crippen LogP contribution is -2.03. The minimum absolute atomic E-state index is 0.522. The molecule has 1 N–H and O–H groups in total. The lowest BCUT2D eigenvalue weighted by molar-refractivity contribution is 0.833. The Hall–Kier alpha value is -1.61. The van der Waals surface area contributed by atoms with Gasteiger partial charge >= 0.3 is 0 Å². The number of benzene rings is 1. The molecule has 2 aromatic rings. The first-order chi connectivity index (χ1) is 9.10. The highest BCUT2D eigenvalue weighted by atomic mass is 35.5. The maximum atomic E-state index is 6.16. The highest BCUT2D eigenvalue weighted by Gasteiger charge is 2.09. The number of anilines is 2. The van der Waals surface area contributed by atoms with Gasteiger partial charge in [-0.05, 0) is 38.0 Å². The number of nitrogens with one attached hydrogen (secondary N) is 1. The number of nitrogens with zero attached hydrogens (tertiary/aromatic N) is 2. The second-order valence-electron chi connectivity index (χ2n) is 4.65. The molecule has 0 radical (unpaired) electrons. The molecular weight excluding hydrogens is 258 g/mol. The third kappa shape index (κ3) is 3.44. The molecule has 0 aliphatic rings. The Balaban J connectivity index is 2.33. The average molecular weight is 276 g/mol. The Morgan fingerprint density at radius 1 is 1.21 bits per heavy atom. The van der Waals surface area contributed by atoms with Gasteiger partial charge in [0.25, 0.3) is 0 Å². The van der Waals surface area contributed by atoms with E-state index in [-0.39, 0.29) is 0 Å². The highest BCUT2D eigenvalue weighted by molar-refractivity contribution is 6.30. The van der Waals surface area contributed by atoms with Crippen molar-refractivity contribution in [2.45, 2.75) is 33.6 Å². The van der Waals surface area contributed by atoms with E-state index in [1.54, 1.807) is 0 Å². The minimum Gasteiger partial charge on any atom is -0.340 e. The fourth-order valence-electron chi connectivity index (χ4n) is 1.85. The Morgan fingerprint density at radius 2 is 2.00 bits per heavy atom. The quantitative estimate of drug-likeness (QED) is 0.838. The van der Waals surface area contributed by atoms with Crippen molar-refractivity contribution in [2.75, 3.05) is 5.32 Å². The van der Waals surface area contributed by atoms with Gasteiger partial charge in [-0.25, -0.2) is 9.97 Å². The van der Waals surface area contributed by atoms with Gasteiger partial charge in [-0.1, -0.05) is 30.7 Å². The Kier molecular flexibility index (Phi) is 4.38. The van der Waals surface area contributed by atoms with E-state index in [1.807, 2.05) is 19.1 Å². The maximum Gasteiger partial charge on any atom is 0.138 e. The number of aromatic nitrogens is 2. The van der Waals surface area contributed by atoms with Crippen molar-refractivity contribution < 1.29 is 0 Å². The summed E-state index contributed by atoms with van der Waals surface area (Å²) < 4.78 is 0. The summed E-state index contributed by atoms with van der Waals surface area (Å²) >= 11 is 6.16. The van der Waals surface area contributed by atoms with Gasteiger partial charge in [0, 0.05) is 17.7 Å². The summed E-state index contributed by atoms with van der Waals surface area (Å²) in [7, 11) is 0. The molecule has 0 spiro atoms. The molecule has 0 aliphatic carbocycles. The zero-order chi connectivity index (χ0) is 13.8. The highest BCUT2D eigenvalue weighted by Crippen LogP contribution is 2.24. The molecule has 0 aliphatic heterocycles. The average Bonchev–Trinajstić information content (AvgIpc) is 2.36. The van der Waals surface area contributed by atoms with E-state index in [2.05, 4.69) is 41.3 Å². The van der Waals surface area contributed by atoms with Crippen LogP contribution in [0.4, 0.5) is 11.5 Å². The molecule has 0 fully saturated rings. The minimum atomic E-state index is 0.522. The van der Waals surface area contributed by atoms with Gasteiger partial charge in [0.1, 0.15) is 16.8 Å². The van der Waals surface area contributed by atoms with Gasteiger partial charge in [0.2, 0.25) is 0 Å². The van der Waals surface area contributed by atoms with Crippen molar-refractivity contribution >= 4 is 23.1 Å². The summed E-state index contributed by atoms with van der Waals surface area (Å²) in [6.45, 7) is 6.09. The first kappa shape index (κ1) is 13.8. The maximum absolute atomic E-state index is 6.16. The van der Waals surface area contributed by atoms with E-state index >= 15 is 0 Å². The summed E-state index contributed by atoms with van der Waals surface area (Å²) in [5.41, 5.74) is 3.10. The molecule has 0 saturated heterocycles. The number of aryl methyl sites for hydroxylation is 2. The van der Waals surface area contributed by atoms with Gasteiger partial charge in [-0.15, -0.1) is 0 Å². The first-order valence-corrected chi connectivity index (χ1v) is 6.84. The monoisotopic (exact) mass is 275 g/mol. The van der Waals surface area contributed by atoms with Crippen molar-refractivity contribution in [3.8, 4) is 0 Å². The Labute approximate surface area is 119 Å². The summed E-state index contributed by atoms with van der Waals surface area (Å²) in [5, 5.41) is 3.84. The van der Waals surface area contributed by atoms with Crippen LogP contribution in [0.2, 0.25) is 5.15 Å². The van der Waals surface area contributed by atoms with Crippen LogP contribution in [0.5, 0.6) is 0 Å². The molecule has 0 saturated carbocycles. The van der Waals surface area contributed by atoms with E-state index in [9.17, 15) is 0 Å². The van der Waals surface area contributed by atoms with Gasteiger partial charge in [-0.3, -0.25) is 0 Å². The zero-order valence-electron chi connectivity index (χ0n) is 11.5. The zero-order valence-corrected chi connectivity index (χ0v) is 12.3. The van der Waals surface area contributed by atoms with Gasteiger partial charge < -0.3 is 5.32 Å². The van der Waals surface area contributed by atoms with Crippen LogP contribution in [-0.2, 0) is 6.42 Å². The summed E-state index contributed by atoms with van der Waals surface area (Å²) in [6, 6.07) is 8.17. The Morgan fingerprint density at radius 3 is 2.68 bits per heavy atom. The summed E-state index contributed by atoms with van der Waals surface area (Å²) in [4.78, 5) is 8.84. The van der Waals surface area contributed by atoms with E-state index in [4.69, 9.17) is 11.6 Å².